The second-order valence-corrected chi connectivity index (χ2v) is 7.92. The van der Waals surface area contributed by atoms with E-state index in [1.165, 1.54) is 18.6 Å². The van der Waals surface area contributed by atoms with Gasteiger partial charge in [-0.2, -0.15) is 0 Å². The van der Waals surface area contributed by atoms with Crippen molar-refractivity contribution in [2.45, 2.75) is 70.3 Å². The molecule has 0 bridgehead atoms. The number of anilines is 1. The molecule has 6 heteroatoms. The lowest BCUT2D eigenvalue weighted by Gasteiger charge is -2.36. The SMILES string of the molecule is CCC(C)(C)c1nnc(N2CCC3(CC2)CC(C2CC2)=NO3)o1. The molecule has 0 radical (unpaired) electrons. The zero-order valence-electron chi connectivity index (χ0n) is 14.3. The van der Waals surface area contributed by atoms with Crippen molar-refractivity contribution in [3.8, 4) is 0 Å². The summed E-state index contributed by atoms with van der Waals surface area (Å²) in [6, 6.07) is 0.651. The van der Waals surface area contributed by atoms with Crippen LogP contribution in [0.25, 0.3) is 0 Å². The average Bonchev–Trinajstić information content (AvgIpc) is 3.13. The maximum Gasteiger partial charge on any atom is 0.318 e. The van der Waals surface area contributed by atoms with Crippen LogP contribution >= 0.6 is 0 Å². The van der Waals surface area contributed by atoms with Crippen molar-refractivity contribution in [1.82, 2.24) is 10.2 Å². The molecule has 0 unspecified atom stereocenters. The lowest BCUT2D eigenvalue weighted by atomic mass is 9.86. The van der Waals surface area contributed by atoms with Gasteiger partial charge in [-0.3, -0.25) is 0 Å². The number of oxime groups is 1. The van der Waals surface area contributed by atoms with Gasteiger partial charge in [-0.05, 0) is 19.3 Å². The lowest BCUT2D eigenvalue weighted by Crippen LogP contribution is -2.44. The zero-order valence-corrected chi connectivity index (χ0v) is 14.3. The first-order valence-corrected chi connectivity index (χ1v) is 8.85. The van der Waals surface area contributed by atoms with E-state index in [2.05, 4.69) is 41.0 Å². The van der Waals surface area contributed by atoms with E-state index < -0.39 is 0 Å². The van der Waals surface area contributed by atoms with Crippen LogP contribution in [0.15, 0.2) is 9.57 Å². The van der Waals surface area contributed by atoms with Crippen LogP contribution < -0.4 is 4.90 Å². The third-order valence-electron chi connectivity index (χ3n) is 5.73. The van der Waals surface area contributed by atoms with E-state index in [-0.39, 0.29) is 11.0 Å². The Hall–Kier alpha value is -1.59. The Morgan fingerprint density at radius 3 is 2.61 bits per heavy atom. The van der Waals surface area contributed by atoms with E-state index in [4.69, 9.17) is 9.25 Å². The van der Waals surface area contributed by atoms with Gasteiger partial charge in [0, 0.05) is 43.7 Å². The van der Waals surface area contributed by atoms with E-state index >= 15 is 0 Å². The van der Waals surface area contributed by atoms with Gasteiger partial charge in [0.05, 0.1) is 5.71 Å². The molecule has 0 atom stereocenters. The molecule has 4 rings (SSSR count). The molecule has 0 N–H and O–H groups in total. The Labute approximate surface area is 137 Å². The van der Waals surface area contributed by atoms with Gasteiger partial charge in [0.2, 0.25) is 5.89 Å². The summed E-state index contributed by atoms with van der Waals surface area (Å²) in [6.07, 6.45) is 6.53. The summed E-state index contributed by atoms with van der Waals surface area (Å²) < 4.78 is 5.93. The molecule has 1 saturated heterocycles. The second kappa shape index (κ2) is 5.21. The summed E-state index contributed by atoms with van der Waals surface area (Å²) in [4.78, 5) is 8.04. The third-order valence-corrected chi connectivity index (χ3v) is 5.73. The predicted octanol–water partition coefficient (Wildman–Crippen LogP) is 3.28. The van der Waals surface area contributed by atoms with Crippen LogP contribution in [0.1, 0.15) is 65.2 Å². The van der Waals surface area contributed by atoms with Gasteiger partial charge in [-0.15, -0.1) is 5.10 Å². The molecule has 2 fully saturated rings. The summed E-state index contributed by atoms with van der Waals surface area (Å²) in [6.45, 7) is 8.20. The Kier molecular flexibility index (Phi) is 3.39. The van der Waals surface area contributed by atoms with E-state index in [1.54, 1.807) is 0 Å². The fraction of sp³-hybridized carbons (Fsp3) is 0.824. The molecule has 1 aromatic heterocycles. The summed E-state index contributed by atoms with van der Waals surface area (Å²) in [5.74, 6) is 1.44. The van der Waals surface area contributed by atoms with Gasteiger partial charge in [0.25, 0.3) is 0 Å². The van der Waals surface area contributed by atoms with Crippen LogP contribution in [0.3, 0.4) is 0 Å². The molecular formula is C17H26N4O2. The van der Waals surface area contributed by atoms with Crippen molar-refractivity contribution in [2.24, 2.45) is 11.1 Å². The Balaban J connectivity index is 1.38. The fourth-order valence-corrected chi connectivity index (χ4v) is 3.33. The fourth-order valence-electron chi connectivity index (χ4n) is 3.33. The highest BCUT2D eigenvalue weighted by Crippen LogP contribution is 2.42. The Morgan fingerprint density at radius 1 is 1.22 bits per heavy atom. The van der Waals surface area contributed by atoms with Crippen molar-refractivity contribution in [3.63, 3.8) is 0 Å². The zero-order chi connectivity index (χ0) is 16.1. The smallest absolute Gasteiger partial charge is 0.318 e. The minimum Gasteiger partial charge on any atom is -0.407 e. The van der Waals surface area contributed by atoms with Crippen molar-refractivity contribution in [3.05, 3.63) is 5.89 Å². The molecule has 1 aliphatic carbocycles. The molecule has 0 amide bonds. The number of rotatable bonds is 4. The summed E-state index contributed by atoms with van der Waals surface area (Å²) >= 11 is 0. The minimum atomic E-state index is -0.0695. The van der Waals surface area contributed by atoms with Crippen molar-refractivity contribution in [1.29, 1.82) is 0 Å². The Bertz CT molecular complexity index is 610. The van der Waals surface area contributed by atoms with Crippen LogP contribution in [0.2, 0.25) is 0 Å². The predicted molar refractivity (Wildman–Crippen MR) is 87.7 cm³/mol. The number of hydrogen-bond donors (Lipinski definition) is 0. The van der Waals surface area contributed by atoms with Crippen molar-refractivity contribution < 1.29 is 9.25 Å². The van der Waals surface area contributed by atoms with Crippen molar-refractivity contribution >= 4 is 11.7 Å². The number of nitrogens with zero attached hydrogens (tertiary/aromatic N) is 4. The highest BCUT2D eigenvalue weighted by Gasteiger charge is 2.46. The maximum atomic E-state index is 5.93. The number of piperidine rings is 1. The summed E-state index contributed by atoms with van der Waals surface area (Å²) in [7, 11) is 0. The van der Waals surface area contributed by atoms with E-state index in [0.29, 0.717) is 11.9 Å². The van der Waals surface area contributed by atoms with Gasteiger partial charge in [0.15, 0.2) is 0 Å². The van der Waals surface area contributed by atoms with E-state index in [0.717, 1.165) is 44.7 Å². The Morgan fingerprint density at radius 2 is 1.96 bits per heavy atom. The van der Waals surface area contributed by atoms with Gasteiger partial charge < -0.3 is 14.2 Å². The van der Waals surface area contributed by atoms with Crippen LogP contribution in [0.4, 0.5) is 6.01 Å². The summed E-state index contributed by atoms with van der Waals surface area (Å²) in [5.41, 5.74) is 1.16. The molecule has 1 aromatic rings. The van der Waals surface area contributed by atoms with Gasteiger partial charge in [0.1, 0.15) is 5.60 Å². The maximum absolute atomic E-state index is 5.93. The van der Waals surface area contributed by atoms with Gasteiger partial charge in [-0.25, -0.2) is 0 Å². The molecule has 3 heterocycles. The highest BCUT2D eigenvalue weighted by atomic mass is 16.7. The molecule has 2 aliphatic heterocycles. The van der Waals surface area contributed by atoms with Crippen molar-refractivity contribution in [2.75, 3.05) is 18.0 Å². The lowest BCUT2D eigenvalue weighted by molar-refractivity contribution is -0.0364. The van der Waals surface area contributed by atoms with Crippen LogP contribution in [-0.2, 0) is 10.3 Å². The highest BCUT2D eigenvalue weighted by molar-refractivity contribution is 5.90. The topological polar surface area (TPSA) is 63.8 Å². The molecule has 1 spiro atoms. The van der Waals surface area contributed by atoms with Gasteiger partial charge >= 0.3 is 6.01 Å². The second-order valence-electron chi connectivity index (χ2n) is 7.92. The molecule has 23 heavy (non-hydrogen) atoms. The minimum absolute atomic E-state index is 0.0656. The first-order chi connectivity index (χ1) is 11.0. The van der Waals surface area contributed by atoms with E-state index in [9.17, 15) is 0 Å². The summed E-state index contributed by atoms with van der Waals surface area (Å²) in [5, 5.41) is 12.9. The molecule has 126 valence electrons. The number of aromatic nitrogens is 2. The standard InChI is InChI=1S/C17H26N4O2/c1-4-16(2,3)14-18-19-15(22-14)21-9-7-17(8-10-21)11-13(20-23-17)12-5-6-12/h12H,4-11H2,1-3H3. The normalized spacial score (nSPS) is 24.0. The first kappa shape index (κ1) is 15.0. The van der Waals surface area contributed by atoms with Gasteiger partial charge in [-0.1, -0.05) is 31.0 Å². The molecule has 0 aromatic carbocycles. The monoisotopic (exact) mass is 318 g/mol. The first-order valence-electron chi connectivity index (χ1n) is 8.85. The van der Waals surface area contributed by atoms with Crippen LogP contribution in [0, 0.1) is 5.92 Å². The quantitative estimate of drug-likeness (QED) is 0.852. The van der Waals surface area contributed by atoms with Crippen LogP contribution in [0.5, 0.6) is 0 Å². The molecule has 1 saturated carbocycles. The molecule has 3 aliphatic rings. The average molecular weight is 318 g/mol. The molecular weight excluding hydrogens is 292 g/mol. The number of hydrogen-bond acceptors (Lipinski definition) is 6. The van der Waals surface area contributed by atoms with E-state index in [1.807, 2.05) is 0 Å². The third kappa shape index (κ3) is 2.72. The largest absolute Gasteiger partial charge is 0.407 e. The van der Waals surface area contributed by atoms with Crippen LogP contribution in [-0.4, -0.2) is 34.6 Å². The molecule has 6 nitrogen and oxygen atoms in total.